The molecule has 150 valence electrons. The number of anilines is 1. The molecule has 1 N–H and O–H groups in total. The number of hydrogen-bond donors (Lipinski definition) is 1. The SMILES string of the molecule is Cc1cccc(NC2=C(c3ccc(C)cc3C)C(=O)N(Cc3ccccc3)C2=O)c1. The maximum Gasteiger partial charge on any atom is 0.278 e. The van der Waals surface area contributed by atoms with E-state index in [4.69, 9.17) is 0 Å². The van der Waals surface area contributed by atoms with Gasteiger partial charge in [0.1, 0.15) is 5.70 Å². The number of carbonyl (C=O) groups is 2. The minimum atomic E-state index is -0.305. The van der Waals surface area contributed by atoms with Crippen LogP contribution in [0, 0.1) is 20.8 Å². The van der Waals surface area contributed by atoms with Crippen molar-refractivity contribution < 1.29 is 9.59 Å². The molecule has 3 aromatic carbocycles. The maximum atomic E-state index is 13.4. The average Bonchev–Trinajstić information content (AvgIpc) is 2.93. The van der Waals surface area contributed by atoms with Gasteiger partial charge in [-0.15, -0.1) is 0 Å². The van der Waals surface area contributed by atoms with Crippen LogP contribution in [0.4, 0.5) is 5.69 Å². The van der Waals surface area contributed by atoms with E-state index in [1.54, 1.807) is 0 Å². The molecule has 0 bridgehead atoms. The Balaban J connectivity index is 1.79. The zero-order valence-corrected chi connectivity index (χ0v) is 17.4. The van der Waals surface area contributed by atoms with Gasteiger partial charge in [-0.05, 0) is 55.2 Å². The van der Waals surface area contributed by atoms with Gasteiger partial charge in [-0.2, -0.15) is 0 Å². The van der Waals surface area contributed by atoms with Gasteiger partial charge in [0.25, 0.3) is 11.8 Å². The zero-order chi connectivity index (χ0) is 21.3. The van der Waals surface area contributed by atoms with Crippen LogP contribution < -0.4 is 5.32 Å². The van der Waals surface area contributed by atoms with E-state index >= 15 is 0 Å². The Morgan fingerprint density at radius 2 is 1.50 bits per heavy atom. The number of rotatable bonds is 5. The Hall–Kier alpha value is -3.66. The van der Waals surface area contributed by atoms with E-state index < -0.39 is 0 Å². The normalized spacial score (nSPS) is 13.9. The highest BCUT2D eigenvalue weighted by atomic mass is 16.2. The van der Waals surface area contributed by atoms with Crippen LogP contribution >= 0.6 is 0 Å². The number of amides is 2. The lowest BCUT2D eigenvalue weighted by atomic mass is 9.97. The summed E-state index contributed by atoms with van der Waals surface area (Å²) >= 11 is 0. The van der Waals surface area contributed by atoms with Crippen molar-refractivity contribution in [3.63, 3.8) is 0 Å². The van der Waals surface area contributed by atoms with E-state index in [2.05, 4.69) is 5.32 Å². The first-order valence-corrected chi connectivity index (χ1v) is 10.00. The number of aryl methyl sites for hydroxylation is 3. The van der Waals surface area contributed by atoms with Crippen molar-refractivity contribution in [3.05, 3.63) is 106 Å². The predicted octanol–water partition coefficient (Wildman–Crippen LogP) is 5.00. The van der Waals surface area contributed by atoms with Crippen LogP contribution in [0.15, 0.2) is 78.5 Å². The highest BCUT2D eigenvalue weighted by Crippen LogP contribution is 2.33. The fourth-order valence-electron chi connectivity index (χ4n) is 3.81. The number of benzene rings is 3. The highest BCUT2D eigenvalue weighted by molar-refractivity contribution is 6.36. The van der Waals surface area contributed by atoms with Gasteiger partial charge in [0.05, 0.1) is 12.1 Å². The molecule has 0 spiro atoms. The standard InChI is InChI=1S/C26H24N2O2/c1-17-8-7-11-21(15-17)27-24-23(22-13-12-18(2)14-19(22)3)25(29)28(26(24)30)16-20-9-5-4-6-10-20/h4-15,27H,16H2,1-3H3. The number of nitrogens with one attached hydrogen (secondary N) is 1. The molecule has 4 nitrogen and oxygen atoms in total. The molecule has 0 saturated carbocycles. The third-order valence-electron chi connectivity index (χ3n) is 5.29. The van der Waals surface area contributed by atoms with Crippen molar-refractivity contribution in [1.82, 2.24) is 4.90 Å². The Labute approximate surface area is 176 Å². The summed E-state index contributed by atoms with van der Waals surface area (Å²) in [5, 5.41) is 3.24. The summed E-state index contributed by atoms with van der Waals surface area (Å²) in [6, 6.07) is 23.3. The van der Waals surface area contributed by atoms with E-state index in [0.717, 1.165) is 33.5 Å². The molecule has 0 aliphatic carbocycles. The summed E-state index contributed by atoms with van der Waals surface area (Å²) in [7, 11) is 0. The Morgan fingerprint density at radius 3 is 2.20 bits per heavy atom. The first kappa shape index (κ1) is 19.6. The van der Waals surface area contributed by atoms with Gasteiger partial charge >= 0.3 is 0 Å². The zero-order valence-electron chi connectivity index (χ0n) is 17.4. The van der Waals surface area contributed by atoms with Gasteiger partial charge < -0.3 is 5.32 Å². The summed E-state index contributed by atoms with van der Waals surface area (Å²) < 4.78 is 0. The molecular formula is C26H24N2O2. The monoisotopic (exact) mass is 396 g/mol. The van der Waals surface area contributed by atoms with E-state index in [1.165, 1.54) is 4.90 Å². The van der Waals surface area contributed by atoms with Crippen molar-refractivity contribution in [2.24, 2.45) is 0 Å². The molecule has 0 saturated heterocycles. The van der Waals surface area contributed by atoms with Gasteiger partial charge in [-0.1, -0.05) is 66.2 Å². The van der Waals surface area contributed by atoms with E-state index in [0.29, 0.717) is 11.3 Å². The molecule has 4 rings (SSSR count). The second kappa shape index (κ2) is 7.99. The molecule has 1 heterocycles. The van der Waals surface area contributed by atoms with Crippen molar-refractivity contribution in [2.75, 3.05) is 5.32 Å². The molecule has 1 aliphatic rings. The van der Waals surface area contributed by atoms with E-state index in [1.807, 2.05) is 93.6 Å². The summed E-state index contributed by atoms with van der Waals surface area (Å²) in [5.41, 5.74) is 6.39. The minimum absolute atomic E-state index is 0.242. The van der Waals surface area contributed by atoms with Crippen LogP contribution in [0.1, 0.15) is 27.8 Å². The van der Waals surface area contributed by atoms with Crippen LogP contribution in [0.25, 0.3) is 5.57 Å². The van der Waals surface area contributed by atoms with Gasteiger partial charge in [0, 0.05) is 5.69 Å². The van der Waals surface area contributed by atoms with Crippen molar-refractivity contribution in [3.8, 4) is 0 Å². The van der Waals surface area contributed by atoms with Crippen LogP contribution in [0.3, 0.4) is 0 Å². The lowest BCUT2D eigenvalue weighted by molar-refractivity contribution is -0.137. The van der Waals surface area contributed by atoms with Crippen molar-refractivity contribution in [1.29, 1.82) is 0 Å². The molecule has 0 unspecified atom stereocenters. The van der Waals surface area contributed by atoms with Gasteiger partial charge in [-0.25, -0.2) is 0 Å². The highest BCUT2D eigenvalue weighted by Gasteiger charge is 2.39. The third-order valence-corrected chi connectivity index (χ3v) is 5.29. The average molecular weight is 396 g/mol. The first-order valence-electron chi connectivity index (χ1n) is 10.00. The summed E-state index contributed by atoms with van der Waals surface area (Å²) in [5.74, 6) is -0.578. The van der Waals surface area contributed by atoms with E-state index in [-0.39, 0.29) is 18.4 Å². The Morgan fingerprint density at radius 1 is 0.767 bits per heavy atom. The number of hydrogen-bond acceptors (Lipinski definition) is 3. The Bertz CT molecular complexity index is 1160. The molecule has 1 aliphatic heterocycles. The molecule has 3 aromatic rings. The largest absolute Gasteiger partial charge is 0.350 e. The van der Waals surface area contributed by atoms with Gasteiger partial charge in [0.2, 0.25) is 0 Å². The second-order valence-corrected chi connectivity index (χ2v) is 7.74. The topological polar surface area (TPSA) is 49.4 Å². The van der Waals surface area contributed by atoms with Crippen molar-refractivity contribution >= 4 is 23.1 Å². The Kier molecular flexibility index (Phi) is 5.23. The predicted molar refractivity (Wildman–Crippen MR) is 120 cm³/mol. The quantitative estimate of drug-likeness (QED) is 0.617. The molecular weight excluding hydrogens is 372 g/mol. The summed E-state index contributed by atoms with van der Waals surface area (Å²) in [6.45, 7) is 6.22. The number of nitrogens with zero attached hydrogens (tertiary/aromatic N) is 1. The molecule has 0 aromatic heterocycles. The van der Waals surface area contributed by atoms with Gasteiger partial charge in [0.15, 0.2) is 0 Å². The lowest BCUT2D eigenvalue weighted by Crippen LogP contribution is -2.32. The maximum absolute atomic E-state index is 13.4. The summed E-state index contributed by atoms with van der Waals surface area (Å²) in [6.07, 6.45) is 0. The van der Waals surface area contributed by atoms with Crippen LogP contribution in [0.2, 0.25) is 0 Å². The van der Waals surface area contributed by atoms with Crippen molar-refractivity contribution in [2.45, 2.75) is 27.3 Å². The van der Waals surface area contributed by atoms with Crippen LogP contribution in [-0.4, -0.2) is 16.7 Å². The number of carbonyl (C=O) groups excluding carboxylic acids is 2. The molecule has 2 amide bonds. The van der Waals surface area contributed by atoms with Crippen LogP contribution in [-0.2, 0) is 16.1 Å². The molecule has 0 atom stereocenters. The van der Waals surface area contributed by atoms with Gasteiger partial charge in [-0.3, -0.25) is 14.5 Å². The van der Waals surface area contributed by atoms with E-state index in [9.17, 15) is 9.59 Å². The molecule has 0 radical (unpaired) electrons. The molecule has 4 heteroatoms. The molecule has 30 heavy (non-hydrogen) atoms. The number of imide groups is 1. The molecule has 0 fully saturated rings. The second-order valence-electron chi connectivity index (χ2n) is 7.74. The minimum Gasteiger partial charge on any atom is -0.350 e. The fourth-order valence-corrected chi connectivity index (χ4v) is 3.81. The summed E-state index contributed by atoms with van der Waals surface area (Å²) in [4.78, 5) is 28.1. The smallest absolute Gasteiger partial charge is 0.278 e. The third kappa shape index (κ3) is 3.77. The van der Waals surface area contributed by atoms with Crippen LogP contribution in [0.5, 0.6) is 0 Å². The lowest BCUT2D eigenvalue weighted by Gasteiger charge is -2.15. The fraction of sp³-hybridized carbons (Fsp3) is 0.154. The first-order chi connectivity index (χ1) is 14.4.